The summed E-state index contributed by atoms with van der Waals surface area (Å²) in [5, 5.41) is 0. The summed E-state index contributed by atoms with van der Waals surface area (Å²) in [5.74, 6) is 0. The van der Waals surface area contributed by atoms with Crippen molar-refractivity contribution < 1.29 is 28.0 Å². The minimum absolute atomic E-state index is 0.00686. The molecular weight excluding hydrogens is 609 g/mol. The summed E-state index contributed by atoms with van der Waals surface area (Å²) >= 11 is 0. The Labute approximate surface area is 293 Å². The molecule has 0 aromatic heterocycles. The predicted molar refractivity (Wildman–Crippen MR) is 201 cm³/mol. The van der Waals surface area contributed by atoms with Crippen LogP contribution in [-0.4, -0.2) is 69.6 Å². The maximum atomic E-state index is 12.3. The fourth-order valence-corrected chi connectivity index (χ4v) is 6.60. The molecule has 0 fully saturated rings. The number of hydrogen-bond donors (Lipinski definition) is 1. The number of rotatable bonds is 40. The Kier molecular flexibility index (Phi) is 37.2. The SMILES string of the molecule is CCCCCCCCCCCCCCCCOCC(COP(=O)(O)OCCN(C)C)OCCCCCCCCCCCCCCCC. The lowest BCUT2D eigenvalue weighted by atomic mass is 10.0. The molecule has 284 valence electrons. The van der Waals surface area contributed by atoms with Crippen molar-refractivity contribution in [1.82, 2.24) is 4.90 Å². The van der Waals surface area contributed by atoms with Gasteiger partial charge in [-0.25, -0.2) is 4.57 Å². The first-order chi connectivity index (χ1) is 22.9. The van der Waals surface area contributed by atoms with E-state index in [1.165, 1.54) is 161 Å². The van der Waals surface area contributed by atoms with Gasteiger partial charge in [0.1, 0.15) is 6.10 Å². The molecule has 0 saturated carbocycles. The number of hydrogen-bond acceptors (Lipinski definition) is 6. The quantitative estimate of drug-likeness (QED) is 0.0506. The lowest BCUT2D eigenvalue weighted by molar-refractivity contribution is -0.0445. The molecule has 8 heteroatoms. The molecule has 7 nitrogen and oxygen atoms in total. The van der Waals surface area contributed by atoms with Crippen LogP contribution in [0.2, 0.25) is 0 Å². The molecule has 2 atom stereocenters. The maximum Gasteiger partial charge on any atom is 0.472 e. The van der Waals surface area contributed by atoms with Gasteiger partial charge >= 0.3 is 7.82 Å². The normalized spacial score (nSPS) is 13.8. The molecule has 47 heavy (non-hydrogen) atoms. The van der Waals surface area contributed by atoms with Gasteiger partial charge in [-0.2, -0.15) is 0 Å². The van der Waals surface area contributed by atoms with Crippen molar-refractivity contribution in [3.63, 3.8) is 0 Å². The van der Waals surface area contributed by atoms with Crippen LogP contribution in [0.4, 0.5) is 0 Å². The van der Waals surface area contributed by atoms with Crippen LogP contribution in [0, 0.1) is 0 Å². The lowest BCUT2D eigenvalue weighted by Gasteiger charge is -2.20. The van der Waals surface area contributed by atoms with E-state index in [4.69, 9.17) is 18.5 Å². The van der Waals surface area contributed by atoms with Crippen LogP contribution >= 0.6 is 7.82 Å². The van der Waals surface area contributed by atoms with Gasteiger partial charge in [0, 0.05) is 19.8 Å². The Morgan fingerprint density at radius 1 is 0.489 bits per heavy atom. The average Bonchev–Trinajstić information content (AvgIpc) is 3.04. The van der Waals surface area contributed by atoms with E-state index in [-0.39, 0.29) is 19.3 Å². The highest BCUT2D eigenvalue weighted by Crippen LogP contribution is 2.43. The van der Waals surface area contributed by atoms with Gasteiger partial charge in [-0.1, -0.05) is 181 Å². The summed E-state index contributed by atoms with van der Waals surface area (Å²) in [6, 6.07) is 0. The van der Waals surface area contributed by atoms with Gasteiger partial charge in [0.2, 0.25) is 0 Å². The molecule has 1 N–H and O–H groups in total. The van der Waals surface area contributed by atoms with E-state index < -0.39 is 7.82 Å². The third-order valence-electron chi connectivity index (χ3n) is 9.01. The topological polar surface area (TPSA) is 77.5 Å². The lowest BCUT2D eigenvalue weighted by Crippen LogP contribution is -2.26. The molecule has 0 aromatic rings. The highest BCUT2D eigenvalue weighted by atomic mass is 31.2. The van der Waals surface area contributed by atoms with Crippen molar-refractivity contribution in [2.45, 2.75) is 200 Å². The Bertz CT molecular complexity index is 653. The molecule has 0 spiro atoms. The van der Waals surface area contributed by atoms with Crippen LogP contribution < -0.4 is 0 Å². The fraction of sp³-hybridized carbons (Fsp3) is 1.00. The third kappa shape index (κ3) is 38.6. The minimum Gasteiger partial charge on any atom is -0.379 e. The molecule has 0 aliphatic rings. The third-order valence-corrected chi connectivity index (χ3v) is 10.00. The van der Waals surface area contributed by atoms with Gasteiger partial charge in [-0.15, -0.1) is 0 Å². The van der Waals surface area contributed by atoms with Gasteiger partial charge in [0.25, 0.3) is 0 Å². The van der Waals surface area contributed by atoms with Crippen molar-refractivity contribution in [2.24, 2.45) is 0 Å². The van der Waals surface area contributed by atoms with Gasteiger partial charge in [-0.05, 0) is 26.9 Å². The van der Waals surface area contributed by atoms with E-state index in [1.54, 1.807) is 0 Å². The molecule has 0 saturated heterocycles. The van der Waals surface area contributed by atoms with Crippen LogP contribution in [0.5, 0.6) is 0 Å². The van der Waals surface area contributed by atoms with Gasteiger partial charge in [-0.3, -0.25) is 9.05 Å². The van der Waals surface area contributed by atoms with Crippen LogP contribution in [0.1, 0.15) is 194 Å². The standard InChI is InChI=1S/C39H82NO6P/c1-5-7-9-11-13-15-17-19-21-23-25-27-29-31-34-43-37-39(38-46-47(41,42)45-36-33-40(3)4)44-35-32-30-28-26-24-22-20-18-16-14-12-10-8-6-2/h39H,5-38H2,1-4H3,(H,41,42). The predicted octanol–water partition coefficient (Wildman–Crippen LogP) is 12.0. The Hall–Kier alpha value is -0.0100. The zero-order chi connectivity index (χ0) is 34.5. The zero-order valence-electron chi connectivity index (χ0n) is 32.0. The molecule has 0 amide bonds. The van der Waals surface area contributed by atoms with Gasteiger partial charge in [0.05, 0.1) is 19.8 Å². The zero-order valence-corrected chi connectivity index (χ0v) is 32.9. The van der Waals surface area contributed by atoms with Crippen LogP contribution in [0.25, 0.3) is 0 Å². The van der Waals surface area contributed by atoms with Crippen LogP contribution in [0.3, 0.4) is 0 Å². The summed E-state index contributed by atoms with van der Waals surface area (Å²) in [7, 11) is -0.332. The van der Waals surface area contributed by atoms with Crippen LogP contribution in [0.15, 0.2) is 0 Å². The highest BCUT2D eigenvalue weighted by molar-refractivity contribution is 7.47. The number of likely N-dealkylation sites (N-methyl/N-ethyl adjacent to an activating group) is 1. The second-order valence-corrected chi connectivity index (χ2v) is 15.6. The first kappa shape index (κ1) is 47.0. The molecule has 0 heterocycles. The summed E-state index contributed by atoms with van der Waals surface area (Å²) in [4.78, 5) is 12.0. The molecule has 0 aliphatic carbocycles. The summed E-state index contributed by atoms with van der Waals surface area (Å²) in [6.07, 6.45) is 36.8. The fourth-order valence-electron chi connectivity index (χ4n) is 5.86. The van der Waals surface area contributed by atoms with Crippen molar-refractivity contribution in [3.8, 4) is 0 Å². The van der Waals surface area contributed by atoms with E-state index in [2.05, 4.69) is 13.8 Å². The van der Waals surface area contributed by atoms with E-state index in [0.29, 0.717) is 26.4 Å². The molecule has 0 aliphatic heterocycles. The molecular formula is C39H82NO6P. The van der Waals surface area contributed by atoms with Crippen molar-refractivity contribution in [2.75, 3.05) is 53.7 Å². The Balaban J connectivity index is 4.01. The molecule has 0 radical (unpaired) electrons. The van der Waals surface area contributed by atoms with Crippen molar-refractivity contribution in [3.05, 3.63) is 0 Å². The maximum absolute atomic E-state index is 12.3. The van der Waals surface area contributed by atoms with Gasteiger partial charge in [0.15, 0.2) is 0 Å². The summed E-state index contributed by atoms with van der Waals surface area (Å²) in [5.41, 5.74) is 0. The smallest absolute Gasteiger partial charge is 0.379 e. The van der Waals surface area contributed by atoms with Crippen LogP contribution in [-0.2, 0) is 23.1 Å². The molecule has 2 unspecified atom stereocenters. The largest absolute Gasteiger partial charge is 0.472 e. The summed E-state index contributed by atoms with van der Waals surface area (Å²) in [6.45, 7) is 6.91. The number of phosphoric ester groups is 1. The number of phosphoric acid groups is 1. The molecule has 0 bridgehead atoms. The van der Waals surface area contributed by atoms with E-state index in [1.807, 2.05) is 19.0 Å². The second kappa shape index (κ2) is 37.3. The Morgan fingerprint density at radius 3 is 1.23 bits per heavy atom. The second-order valence-electron chi connectivity index (χ2n) is 14.2. The molecule has 0 aromatic carbocycles. The Morgan fingerprint density at radius 2 is 0.851 bits per heavy atom. The van der Waals surface area contributed by atoms with Crippen molar-refractivity contribution in [1.29, 1.82) is 0 Å². The van der Waals surface area contributed by atoms with Gasteiger partial charge < -0.3 is 19.3 Å². The number of nitrogens with zero attached hydrogens (tertiary/aromatic N) is 1. The number of unbranched alkanes of at least 4 members (excludes halogenated alkanes) is 26. The number of ether oxygens (including phenoxy) is 2. The highest BCUT2D eigenvalue weighted by Gasteiger charge is 2.24. The molecule has 0 rings (SSSR count). The summed E-state index contributed by atoms with van der Waals surface area (Å²) < 4.78 is 34.7. The van der Waals surface area contributed by atoms with E-state index >= 15 is 0 Å². The van der Waals surface area contributed by atoms with E-state index in [9.17, 15) is 9.46 Å². The van der Waals surface area contributed by atoms with E-state index in [0.717, 1.165) is 19.3 Å². The van der Waals surface area contributed by atoms with Crippen molar-refractivity contribution >= 4 is 7.82 Å². The first-order valence-electron chi connectivity index (χ1n) is 20.4. The first-order valence-corrected chi connectivity index (χ1v) is 21.9. The average molecular weight is 692 g/mol. The minimum atomic E-state index is -4.12. The monoisotopic (exact) mass is 692 g/mol.